The van der Waals surface area contributed by atoms with Crippen LogP contribution < -0.4 is 5.32 Å². The van der Waals surface area contributed by atoms with Gasteiger partial charge >= 0.3 is 0 Å². The van der Waals surface area contributed by atoms with Crippen LogP contribution in [0.5, 0.6) is 0 Å². The zero-order valence-corrected chi connectivity index (χ0v) is 16.6. The Morgan fingerprint density at radius 2 is 1.79 bits per heavy atom. The Bertz CT molecular complexity index is 974. The summed E-state index contributed by atoms with van der Waals surface area (Å²) in [5.74, 6) is -0.307. The summed E-state index contributed by atoms with van der Waals surface area (Å²) in [5.41, 5.74) is 3.12. The van der Waals surface area contributed by atoms with Crippen molar-refractivity contribution in [3.8, 4) is 5.69 Å². The van der Waals surface area contributed by atoms with Gasteiger partial charge in [0, 0.05) is 12.3 Å². The molecule has 1 N–H and O–H groups in total. The molecule has 152 valence electrons. The number of halogens is 2. The van der Waals surface area contributed by atoms with Crippen molar-refractivity contribution in [1.29, 1.82) is 0 Å². The van der Waals surface area contributed by atoms with Gasteiger partial charge in [0.25, 0.3) is 0 Å². The first kappa shape index (κ1) is 19.4. The summed E-state index contributed by atoms with van der Waals surface area (Å²) in [4.78, 5) is 11.1. The van der Waals surface area contributed by atoms with Crippen molar-refractivity contribution in [3.63, 3.8) is 0 Å². The molecule has 0 saturated carbocycles. The van der Waals surface area contributed by atoms with Gasteiger partial charge in [-0.1, -0.05) is 0 Å². The number of piperidine rings is 1. The molecule has 29 heavy (non-hydrogen) atoms. The molecular weight excluding hydrogens is 374 g/mol. The molecular formula is C21H24F2N6. The van der Waals surface area contributed by atoms with Gasteiger partial charge in [-0.25, -0.2) is 13.5 Å². The van der Waals surface area contributed by atoms with Crippen molar-refractivity contribution in [2.45, 2.75) is 26.2 Å². The molecule has 3 heterocycles. The summed E-state index contributed by atoms with van der Waals surface area (Å²) >= 11 is 0. The predicted octanol–water partition coefficient (Wildman–Crippen LogP) is 3.88. The van der Waals surface area contributed by atoms with E-state index in [1.807, 2.05) is 13.1 Å². The monoisotopic (exact) mass is 398 g/mol. The Hall–Kier alpha value is -2.87. The van der Waals surface area contributed by atoms with E-state index in [2.05, 4.69) is 38.4 Å². The molecule has 1 saturated heterocycles. The summed E-state index contributed by atoms with van der Waals surface area (Å²) in [6, 6.07) is 5.32. The van der Waals surface area contributed by atoms with E-state index < -0.39 is 11.6 Å². The lowest BCUT2D eigenvalue weighted by Crippen LogP contribution is -2.30. The van der Waals surface area contributed by atoms with Gasteiger partial charge in [0.15, 0.2) is 0 Å². The number of benzene rings is 1. The molecule has 1 aromatic carbocycles. The van der Waals surface area contributed by atoms with E-state index in [1.165, 1.54) is 41.5 Å². The maximum absolute atomic E-state index is 13.5. The van der Waals surface area contributed by atoms with Gasteiger partial charge in [0.05, 0.1) is 17.1 Å². The molecule has 0 radical (unpaired) electrons. The third kappa shape index (κ3) is 4.76. The smallest absolute Gasteiger partial charge is 0.247 e. The Morgan fingerprint density at radius 1 is 1.07 bits per heavy atom. The van der Waals surface area contributed by atoms with Crippen LogP contribution in [0.4, 0.5) is 20.4 Å². The Labute approximate surface area is 168 Å². The second kappa shape index (κ2) is 8.24. The number of anilines is 2. The zero-order valence-electron chi connectivity index (χ0n) is 16.6. The van der Waals surface area contributed by atoms with E-state index in [-0.39, 0.29) is 5.69 Å². The third-order valence-corrected chi connectivity index (χ3v) is 5.36. The Kier molecular flexibility index (Phi) is 5.53. The molecule has 4 rings (SSSR count). The Balaban J connectivity index is 1.48. The molecule has 0 amide bonds. The highest BCUT2D eigenvalue weighted by Crippen LogP contribution is 2.24. The van der Waals surface area contributed by atoms with E-state index in [4.69, 9.17) is 0 Å². The second-order valence-corrected chi connectivity index (χ2v) is 7.69. The number of likely N-dealkylation sites (tertiary alicyclic amines) is 1. The molecule has 0 aliphatic carbocycles. The maximum atomic E-state index is 13.5. The summed E-state index contributed by atoms with van der Waals surface area (Å²) in [6.45, 7) is 4.19. The van der Waals surface area contributed by atoms with Crippen LogP contribution in [0.25, 0.3) is 5.69 Å². The first-order valence-electron chi connectivity index (χ1n) is 9.75. The van der Waals surface area contributed by atoms with Crippen LogP contribution in [0.1, 0.15) is 24.1 Å². The fourth-order valence-corrected chi connectivity index (χ4v) is 3.65. The highest BCUT2D eigenvalue weighted by Gasteiger charge is 2.18. The molecule has 1 aliphatic heterocycles. The number of aromatic nitrogens is 4. The van der Waals surface area contributed by atoms with Crippen molar-refractivity contribution in [2.24, 2.45) is 5.92 Å². The van der Waals surface area contributed by atoms with Crippen molar-refractivity contribution in [2.75, 3.05) is 25.5 Å². The fraction of sp³-hybridized carbons (Fsp3) is 0.381. The average Bonchev–Trinajstić information content (AvgIpc) is 3.14. The van der Waals surface area contributed by atoms with Crippen molar-refractivity contribution >= 4 is 11.6 Å². The minimum absolute atomic E-state index is 0.272. The van der Waals surface area contributed by atoms with Crippen molar-refractivity contribution in [1.82, 2.24) is 24.6 Å². The Morgan fingerprint density at radius 3 is 2.52 bits per heavy atom. The highest BCUT2D eigenvalue weighted by molar-refractivity contribution is 5.57. The molecule has 1 fully saturated rings. The second-order valence-electron chi connectivity index (χ2n) is 7.69. The van der Waals surface area contributed by atoms with E-state index in [0.29, 0.717) is 11.9 Å². The maximum Gasteiger partial charge on any atom is 0.247 e. The van der Waals surface area contributed by atoms with Crippen LogP contribution >= 0.6 is 0 Å². The first-order valence-corrected chi connectivity index (χ1v) is 9.75. The summed E-state index contributed by atoms with van der Waals surface area (Å²) in [7, 11) is 2.16. The zero-order chi connectivity index (χ0) is 20.4. The number of nitrogens with zero attached hydrogens (tertiary/aromatic N) is 5. The van der Waals surface area contributed by atoms with Crippen LogP contribution in [0.15, 0.2) is 36.8 Å². The predicted molar refractivity (Wildman–Crippen MR) is 107 cm³/mol. The van der Waals surface area contributed by atoms with Crippen LogP contribution in [0.3, 0.4) is 0 Å². The van der Waals surface area contributed by atoms with Crippen LogP contribution in [0, 0.1) is 24.5 Å². The summed E-state index contributed by atoms with van der Waals surface area (Å²) < 4.78 is 28.2. The lowest BCUT2D eigenvalue weighted by Gasteiger charge is -2.29. The quantitative estimate of drug-likeness (QED) is 0.707. The molecule has 3 aromatic rings. The number of hydrogen-bond acceptors (Lipinski definition) is 5. The van der Waals surface area contributed by atoms with Crippen LogP contribution in [0.2, 0.25) is 0 Å². The number of nitrogens with one attached hydrogen (secondary N) is 1. The third-order valence-electron chi connectivity index (χ3n) is 5.36. The van der Waals surface area contributed by atoms with Crippen molar-refractivity contribution in [3.05, 3.63) is 59.7 Å². The largest absolute Gasteiger partial charge is 0.321 e. The lowest BCUT2D eigenvalue weighted by atomic mass is 9.91. The van der Waals surface area contributed by atoms with Gasteiger partial charge in [-0.2, -0.15) is 4.98 Å². The highest BCUT2D eigenvalue weighted by atomic mass is 19.1. The van der Waals surface area contributed by atoms with Gasteiger partial charge in [-0.05, 0) is 76.0 Å². The molecule has 1 aliphatic rings. The molecule has 8 heteroatoms. The normalized spacial score (nSPS) is 15.6. The SMILES string of the molecule is Cc1ncc(CC2CCN(C)CC2)cc1Nc1ncn(-c2cc(F)cc(F)c2)n1. The van der Waals surface area contributed by atoms with E-state index in [9.17, 15) is 8.78 Å². The molecule has 0 bridgehead atoms. The van der Waals surface area contributed by atoms with Gasteiger partial charge in [-0.15, -0.1) is 5.10 Å². The molecule has 0 spiro atoms. The minimum atomic E-state index is -0.660. The first-order chi connectivity index (χ1) is 14.0. The number of hydrogen-bond donors (Lipinski definition) is 1. The van der Waals surface area contributed by atoms with Gasteiger partial charge < -0.3 is 10.2 Å². The average molecular weight is 398 g/mol. The van der Waals surface area contributed by atoms with Crippen LogP contribution in [-0.4, -0.2) is 44.8 Å². The summed E-state index contributed by atoms with van der Waals surface area (Å²) in [5, 5.41) is 7.46. The summed E-state index contributed by atoms with van der Waals surface area (Å²) in [6.07, 6.45) is 6.74. The standard InChI is InChI=1S/C21H24F2N6/c1-14-20(8-16(12-24-14)7-15-3-5-28(2)6-4-15)26-21-25-13-29(27-21)19-10-17(22)9-18(23)11-19/h8-13,15H,3-7H2,1-2H3,(H,26,27). The number of pyridine rings is 1. The number of aryl methyl sites for hydroxylation is 1. The molecule has 2 aromatic heterocycles. The van der Waals surface area contributed by atoms with E-state index >= 15 is 0 Å². The fourth-order valence-electron chi connectivity index (χ4n) is 3.65. The lowest BCUT2D eigenvalue weighted by molar-refractivity contribution is 0.219. The minimum Gasteiger partial charge on any atom is -0.321 e. The number of rotatable bonds is 5. The van der Waals surface area contributed by atoms with Gasteiger partial charge in [0.1, 0.15) is 18.0 Å². The van der Waals surface area contributed by atoms with Gasteiger partial charge in [-0.3, -0.25) is 4.98 Å². The van der Waals surface area contributed by atoms with Crippen LogP contribution in [-0.2, 0) is 6.42 Å². The topological polar surface area (TPSA) is 58.9 Å². The van der Waals surface area contributed by atoms with E-state index in [0.717, 1.165) is 37.0 Å². The molecule has 6 nitrogen and oxygen atoms in total. The van der Waals surface area contributed by atoms with Gasteiger partial charge in [0.2, 0.25) is 5.95 Å². The van der Waals surface area contributed by atoms with E-state index in [1.54, 1.807) is 0 Å². The van der Waals surface area contributed by atoms with Crippen molar-refractivity contribution < 1.29 is 8.78 Å². The molecule has 0 unspecified atom stereocenters. The molecule has 0 atom stereocenters.